The first kappa shape index (κ1) is 18.7. The normalized spacial score (nSPS) is 15.2. The molecule has 1 aromatic carbocycles. The number of carbonyl (C=O) groups is 1. The van der Waals surface area contributed by atoms with Crippen LogP contribution in [-0.2, 0) is 7.05 Å². The molecule has 0 bridgehead atoms. The number of benzene rings is 1. The lowest BCUT2D eigenvalue weighted by atomic mass is 10.0. The zero-order chi connectivity index (χ0) is 19.8. The van der Waals surface area contributed by atoms with E-state index >= 15 is 0 Å². The van der Waals surface area contributed by atoms with Crippen molar-refractivity contribution in [2.24, 2.45) is 7.05 Å². The number of hydrogen-bond acceptors (Lipinski definition) is 6. The summed E-state index contributed by atoms with van der Waals surface area (Å²) in [4.78, 5) is 21.7. The van der Waals surface area contributed by atoms with Crippen LogP contribution in [0, 0.1) is 6.92 Å². The van der Waals surface area contributed by atoms with Gasteiger partial charge < -0.3 is 14.5 Å². The zero-order valence-corrected chi connectivity index (χ0v) is 17.5. The van der Waals surface area contributed by atoms with E-state index in [0.717, 1.165) is 52.7 Å². The molecule has 2 aromatic heterocycles. The van der Waals surface area contributed by atoms with Gasteiger partial charge in [-0.2, -0.15) is 5.10 Å². The predicted octanol–water partition coefficient (Wildman–Crippen LogP) is 3.09. The van der Waals surface area contributed by atoms with Gasteiger partial charge in [0.05, 0.1) is 17.3 Å². The minimum Gasteiger partial charge on any atom is -0.497 e. The van der Waals surface area contributed by atoms with E-state index in [-0.39, 0.29) is 11.9 Å². The molecule has 3 heterocycles. The van der Waals surface area contributed by atoms with E-state index in [2.05, 4.69) is 16.1 Å². The number of thiazole rings is 1. The Hall–Kier alpha value is -2.61. The van der Waals surface area contributed by atoms with Gasteiger partial charge in [-0.3, -0.25) is 9.48 Å². The third-order valence-electron chi connectivity index (χ3n) is 5.52. The summed E-state index contributed by atoms with van der Waals surface area (Å²) in [6, 6.07) is 8.08. The second-order valence-electron chi connectivity index (χ2n) is 7.26. The monoisotopic (exact) mass is 399 g/mol. The summed E-state index contributed by atoms with van der Waals surface area (Å²) in [5.41, 5.74) is 2.48. The highest BCUT2D eigenvalue weighted by atomic mass is 32.1. The second kappa shape index (κ2) is 7.43. The van der Waals surface area contributed by atoms with Crippen LogP contribution in [0.4, 0.5) is 5.13 Å². The molecular formula is C20H25N5O2S. The Kier molecular flexibility index (Phi) is 4.97. The fraction of sp³-hybridized carbons (Fsp3) is 0.450. The third kappa shape index (κ3) is 3.44. The van der Waals surface area contributed by atoms with Crippen LogP contribution < -0.4 is 9.64 Å². The summed E-state index contributed by atoms with van der Waals surface area (Å²) in [7, 11) is 5.41. The number of piperidine rings is 1. The van der Waals surface area contributed by atoms with Gasteiger partial charge in [-0.1, -0.05) is 11.3 Å². The fourth-order valence-corrected chi connectivity index (χ4v) is 4.61. The first-order valence-corrected chi connectivity index (χ1v) is 10.2. The average molecular weight is 400 g/mol. The van der Waals surface area contributed by atoms with Crippen molar-refractivity contribution in [2.75, 3.05) is 32.1 Å². The number of aryl methyl sites for hydroxylation is 2. The Morgan fingerprint density at radius 2 is 2.04 bits per heavy atom. The quantitative estimate of drug-likeness (QED) is 0.675. The van der Waals surface area contributed by atoms with Crippen molar-refractivity contribution >= 4 is 32.6 Å². The van der Waals surface area contributed by atoms with Gasteiger partial charge in [0.15, 0.2) is 10.8 Å². The second-order valence-corrected chi connectivity index (χ2v) is 8.27. The van der Waals surface area contributed by atoms with E-state index in [1.807, 2.05) is 44.1 Å². The largest absolute Gasteiger partial charge is 0.497 e. The number of hydrogen-bond donors (Lipinski definition) is 0. The van der Waals surface area contributed by atoms with Crippen LogP contribution in [0.1, 0.15) is 29.0 Å². The minimum atomic E-state index is -0.00534. The molecule has 0 unspecified atom stereocenters. The number of ether oxygens (including phenoxy) is 1. The molecule has 0 spiro atoms. The average Bonchev–Trinajstić information content (AvgIpc) is 3.29. The Balaban J connectivity index is 1.42. The SMILES string of the molecule is COc1ccc2sc(N3CCC(N(C)C(=O)c4cc(C)n(C)n4)CC3)nc2c1. The van der Waals surface area contributed by atoms with E-state index in [4.69, 9.17) is 9.72 Å². The molecule has 0 radical (unpaired) electrons. The Bertz CT molecular complexity index is 984. The van der Waals surface area contributed by atoms with Crippen molar-refractivity contribution < 1.29 is 9.53 Å². The molecule has 0 atom stereocenters. The number of nitrogens with zero attached hydrogens (tertiary/aromatic N) is 5. The Morgan fingerprint density at radius 1 is 1.29 bits per heavy atom. The maximum atomic E-state index is 12.8. The number of amides is 1. The number of anilines is 1. The molecule has 7 nitrogen and oxygen atoms in total. The van der Waals surface area contributed by atoms with Crippen LogP contribution in [0.15, 0.2) is 24.3 Å². The van der Waals surface area contributed by atoms with Crippen LogP contribution in [0.25, 0.3) is 10.2 Å². The van der Waals surface area contributed by atoms with Crippen LogP contribution in [-0.4, -0.2) is 58.9 Å². The molecule has 8 heteroatoms. The van der Waals surface area contributed by atoms with E-state index in [0.29, 0.717) is 5.69 Å². The van der Waals surface area contributed by atoms with Crippen molar-refractivity contribution in [2.45, 2.75) is 25.8 Å². The van der Waals surface area contributed by atoms with Gasteiger partial charge in [-0.05, 0) is 38.0 Å². The number of rotatable bonds is 4. The van der Waals surface area contributed by atoms with Crippen molar-refractivity contribution in [3.63, 3.8) is 0 Å². The minimum absolute atomic E-state index is 0.00534. The molecule has 0 saturated carbocycles. The van der Waals surface area contributed by atoms with Gasteiger partial charge in [0.25, 0.3) is 5.91 Å². The molecular weight excluding hydrogens is 374 g/mol. The molecule has 1 fully saturated rings. The van der Waals surface area contributed by atoms with Gasteiger partial charge in [-0.15, -0.1) is 0 Å². The summed E-state index contributed by atoms with van der Waals surface area (Å²) in [5.74, 6) is 0.821. The van der Waals surface area contributed by atoms with E-state index in [1.54, 1.807) is 23.1 Å². The number of aromatic nitrogens is 3. The maximum absolute atomic E-state index is 12.8. The number of methoxy groups -OCH3 is 1. The molecule has 28 heavy (non-hydrogen) atoms. The van der Waals surface area contributed by atoms with Crippen LogP contribution in [0.5, 0.6) is 5.75 Å². The molecule has 0 aliphatic carbocycles. The van der Waals surface area contributed by atoms with Crippen LogP contribution >= 0.6 is 11.3 Å². The highest BCUT2D eigenvalue weighted by Crippen LogP contribution is 2.33. The Labute approximate surface area is 168 Å². The molecule has 1 aliphatic heterocycles. The lowest BCUT2D eigenvalue weighted by Gasteiger charge is -2.36. The van der Waals surface area contributed by atoms with Crippen molar-refractivity contribution in [3.05, 3.63) is 35.7 Å². The van der Waals surface area contributed by atoms with E-state index < -0.39 is 0 Å². The van der Waals surface area contributed by atoms with Crippen molar-refractivity contribution in [3.8, 4) is 5.75 Å². The summed E-state index contributed by atoms with van der Waals surface area (Å²) >= 11 is 1.71. The maximum Gasteiger partial charge on any atom is 0.274 e. The van der Waals surface area contributed by atoms with Gasteiger partial charge in [0.2, 0.25) is 0 Å². The van der Waals surface area contributed by atoms with Gasteiger partial charge in [-0.25, -0.2) is 4.98 Å². The zero-order valence-electron chi connectivity index (χ0n) is 16.7. The summed E-state index contributed by atoms with van der Waals surface area (Å²) in [6.07, 6.45) is 1.85. The highest BCUT2D eigenvalue weighted by Gasteiger charge is 2.28. The van der Waals surface area contributed by atoms with Crippen molar-refractivity contribution in [1.29, 1.82) is 0 Å². The van der Waals surface area contributed by atoms with Crippen molar-refractivity contribution in [1.82, 2.24) is 19.7 Å². The molecule has 4 rings (SSSR count). The standard InChI is InChI=1S/C20H25N5O2S/c1-13-11-17(22-24(13)3)19(26)23(2)14-7-9-25(10-8-14)20-21-16-12-15(27-4)5-6-18(16)28-20/h5-6,11-12,14H,7-10H2,1-4H3. The van der Waals surface area contributed by atoms with Gasteiger partial charge >= 0.3 is 0 Å². The lowest BCUT2D eigenvalue weighted by Crippen LogP contribution is -2.45. The van der Waals surface area contributed by atoms with E-state index in [1.165, 1.54) is 0 Å². The molecule has 3 aromatic rings. The van der Waals surface area contributed by atoms with Crippen LogP contribution in [0.2, 0.25) is 0 Å². The summed E-state index contributed by atoms with van der Waals surface area (Å²) in [5, 5.41) is 5.36. The number of fused-ring (bicyclic) bond motifs is 1. The molecule has 0 N–H and O–H groups in total. The number of carbonyl (C=O) groups excluding carboxylic acids is 1. The molecule has 148 valence electrons. The lowest BCUT2D eigenvalue weighted by molar-refractivity contribution is 0.0702. The first-order chi connectivity index (χ1) is 13.5. The summed E-state index contributed by atoms with van der Waals surface area (Å²) in [6.45, 7) is 3.73. The fourth-order valence-electron chi connectivity index (χ4n) is 3.61. The summed E-state index contributed by atoms with van der Waals surface area (Å²) < 4.78 is 8.20. The topological polar surface area (TPSA) is 63.5 Å². The third-order valence-corrected chi connectivity index (χ3v) is 6.62. The molecule has 1 aliphatic rings. The molecule has 1 amide bonds. The van der Waals surface area contributed by atoms with Gasteiger partial charge in [0, 0.05) is 45.0 Å². The van der Waals surface area contributed by atoms with Crippen LogP contribution in [0.3, 0.4) is 0 Å². The van der Waals surface area contributed by atoms with Gasteiger partial charge in [0.1, 0.15) is 5.75 Å². The first-order valence-electron chi connectivity index (χ1n) is 9.43. The smallest absolute Gasteiger partial charge is 0.274 e. The van der Waals surface area contributed by atoms with E-state index in [9.17, 15) is 4.79 Å². The Morgan fingerprint density at radius 3 is 2.68 bits per heavy atom. The highest BCUT2D eigenvalue weighted by molar-refractivity contribution is 7.22. The predicted molar refractivity (Wildman–Crippen MR) is 111 cm³/mol. The molecule has 1 saturated heterocycles.